The van der Waals surface area contributed by atoms with Crippen LogP contribution in [0.3, 0.4) is 0 Å². The molecule has 0 saturated carbocycles. The third kappa shape index (κ3) is 3.18. The van der Waals surface area contributed by atoms with Gasteiger partial charge in [-0.15, -0.1) is 0 Å². The van der Waals surface area contributed by atoms with Gasteiger partial charge in [0.05, 0.1) is 5.56 Å². The summed E-state index contributed by atoms with van der Waals surface area (Å²) in [6.07, 6.45) is 4.32. The summed E-state index contributed by atoms with van der Waals surface area (Å²) in [4.78, 5) is 6.66. The Bertz CT molecular complexity index is 404. The third-order valence-corrected chi connectivity index (χ3v) is 3.04. The van der Waals surface area contributed by atoms with E-state index in [0.29, 0.717) is 17.4 Å². The number of nitrogens with one attached hydrogen (secondary N) is 1. The van der Waals surface area contributed by atoms with Crippen LogP contribution in [0.2, 0.25) is 0 Å². The average molecular weight is 230 g/mol. The minimum Gasteiger partial charge on any atom is -0.365 e. The quantitative estimate of drug-likeness (QED) is 0.857. The summed E-state index contributed by atoms with van der Waals surface area (Å²) in [6.45, 7) is 5.54. The first kappa shape index (κ1) is 11.9. The summed E-state index contributed by atoms with van der Waals surface area (Å²) in [5.74, 6) is 0.696. The molecular formula is C13H18N4. The molecule has 2 rings (SSSR count). The van der Waals surface area contributed by atoms with Gasteiger partial charge in [-0.05, 0) is 45.0 Å². The Labute approximate surface area is 102 Å². The highest BCUT2D eigenvalue weighted by atomic mass is 15.2. The number of nitriles is 1. The fourth-order valence-corrected chi connectivity index (χ4v) is 2.24. The van der Waals surface area contributed by atoms with E-state index in [0.717, 1.165) is 6.54 Å². The van der Waals surface area contributed by atoms with Gasteiger partial charge < -0.3 is 10.2 Å². The summed E-state index contributed by atoms with van der Waals surface area (Å²) in [7, 11) is 0. The van der Waals surface area contributed by atoms with Gasteiger partial charge in [-0.2, -0.15) is 5.26 Å². The molecule has 4 nitrogen and oxygen atoms in total. The number of nitrogens with zero attached hydrogens (tertiary/aromatic N) is 3. The van der Waals surface area contributed by atoms with Gasteiger partial charge in [0.2, 0.25) is 0 Å². The van der Waals surface area contributed by atoms with E-state index in [9.17, 15) is 0 Å². The molecule has 0 aliphatic carbocycles. The Hall–Kier alpha value is -1.60. The summed E-state index contributed by atoms with van der Waals surface area (Å²) < 4.78 is 0. The van der Waals surface area contributed by atoms with Crippen molar-refractivity contribution in [3.8, 4) is 6.07 Å². The zero-order valence-corrected chi connectivity index (χ0v) is 10.2. The van der Waals surface area contributed by atoms with Crippen LogP contribution in [-0.2, 0) is 0 Å². The first-order valence-electron chi connectivity index (χ1n) is 6.13. The van der Waals surface area contributed by atoms with E-state index in [2.05, 4.69) is 28.2 Å². The second-order valence-electron chi connectivity index (χ2n) is 4.56. The van der Waals surface area contributed by atoms with Gasteiger partial charge >= 0.3 is 0 Å². The SMILES string of the molecule is CC(CN1CCCC1)Nc1ncccc1C#N. The predicted molar refractivity (Wildman–Crippen MR) is 67.7 cm³/mol. The van der Waals surface area contributed by atoms with Crippen LogP contribution in [0.25, 0.3) is 0 Å². The Balaban J connectivity index is 1.93. The van der Waals surface area contributed by atoms with Crippen LogP contribution in [0.15, 0.2) is 18.3 Å². The minimum atomic E-state index is 0.315. The number of hydrogen-bond acceptors (Lipinski definition) is 4. The third-order valence-electron chi connectivity index (χ3n) is 3.04. The van der Waals surface area contributed by atoms with Crippen LogP contribution in [0.1, 0.15) is 25.3 Å². The second-order valence-corrected chi connectivity index (χ2v) is 4.56. The molecular weight excluding hydrogens is 212 g/mol. The van der Waals surface area contributed by atoms with Crippen molar-refractivity contribution < 1.29 is 0 Å². The zero-order chi connectivity index (χ0) is 12.1. The lowest BCUT2D eigenvalue weighted by Gasteiger charge is -2.21. The molecule has 1 unspecified atom stereocenters. The topological polar surface area (TPSA) is 52.0 Å². The largest absolute Gasteiger partial charge is 0.365 e. The highest BCUT2D eigenvalue weighted by Crippen LogP contribution is 2.13. The van der Waals surface area contributed by atoms with Crippen LogP contribution in [0, 0.1) is 11.3 Å². The van der Waals surface area contributed by atoms with Crippen molar-refractivity contribution in [1.29, 1.82) is 5.26 Å². The number of aromatic nitrogens is 1. The van der Waals surface area contributed by atoms with Crippen LogP contribution in [-0.4, -0.2) is 35.6 Å². The molecule has 4 heteroatoms. The maximum absolute atomic E-state index is 8.98. The molecule has 1 N–H and O–H groups in total. The van der Waals surface area contributed by atoms with Crippen LogP contribution in [0.5, 0.6) is 0 Å². The molecule has 1 fully saturated rings. The van der Waals surface area contributed by atoms with Crippen LogP contribution >= 0.6 is 0 Å². The molecule has 0 aromatic carbocycles. The molecule has 17 heavy (non-hydrogen) atoms. The average Bonchev–Trinajstić information content (AvgIpc) is 2.82. The molecule has 1 aliphatic rings. The molecule has 0 amide bonds. The van der Waals surface area contributed by atoms with Crippen LogP contribution < -0.4 is 5.32 Å². The maximum atomic E-state index is 8.98. The number of rotatable bonds is 4. The van der Waals surface area contributed by atoms with Crippen molar-refractivity contribution in [2.45, 2.75) is 25.8 Å². The Morgan fingerprint density at radius 2 is 2.29 bits per heavy atom. The summed E-state index contributed by atoms with van der Waals surface area (Å²) >= 11 is 0. The molecule has 1 saturated heterocycles. The molecule has 1 aromatic rings. The summed E-state index contributed by atoms with van der Waals surface area (Å²) in [5.41, 5.74) is 0.612. The van der Waals surface area contributed by atoms with Crippen LogP contribution in [0.4, 0.5) is 5.82 Å². The van der Waals surface area contributed by atoms with Gasteiger partial charge in [0.25, 0.3) is 0 Å². The summed E-state index contributed by atoms with van der Waals surface area (Å²) in [5, 5.41) is 12.3. The molecule has 0 spiro atoms. The lowest BCUT2D eigenvalue weighted by molar-refractivity contribution is 0.327. The number of likely N-dealkylation sites (tertiary alicyclic amines) is 1. The maximum Gasteiger partial charge on any atom is 0.144 e. The number of hydrogen-bond donors (Lipinski definition) is 1. The minimum absolute atomic E-state index is 0.315. The van der Waals surface area contributed by atoms with Crippen molar-refractivity contribution in [2.75, 3.05) is 25.0 Å². The molecule has 0 radical (unpaired) electrons. The van der Waals surface area contributed by atoms with E-state index in [1.807, 2.05) is 0 Å². The fourth-order valence-electron chi connectivity index (χ4n) is 2.24. The van der Waals surface area contributed by atoms with Crippen molar-refractivity contribution in [1.82, 2.24) is 9.88 Å². The van der Waals surface area contributed by atoms with Crippen molar-refractivity contribution in [3.63, 3.8) is 0 Å². The van der Waals surface area contributed by atoms with E-state index in [1.54, 1.807) is 18.3 Å². The van der Waals surface area contributed by atoms with Crippen molar-refractivity contribution in [2.24, 2.45) is 0 Å². The highest BCUT2D eigenvalue weighted by Gasteiger charge is 2.15. The Morgan fingerprint density at radius 1 is 1.53 bits per heavy atom. The monoisotopic (exact) mass is 230 g/mol. The van der Waals surface area contributed by atoms with E-state index >= 15 is 0 Å². The first-order valence-corrected chi connectivity index (χ1v) is 6.13. The van der Waals surface area contributed by atoms with E-state index < -0.39 is 0 Å². The van der Waals surface area contributed by atoms with Gasteiger partial charge in [-0.3, -0.25) is 0 Å². The molecule has 1 atom stereocenters. The van der Waals surface area contributed by atoms with Crippen molar-refractivity contribution >= 4 is 5.82 Å². The molecule has 90 valence electrons. The molecule has 2 heterocycles. The second kappa shape index (κ2) is 5.65. The highest BCUT2D eigenvalue weighted by molar-refractivity contribution is 5.51. The standard InChI is InChI=1S/C13H18N4/c1-11(10-17-7-2-3-8-17)16-13-12(9-14)5-4-6-15-13/h4-6,11H,2-3,7-8,10H2,1H3,(H,15,16). The van der Waals surface area contributed by atoms with Gasteiger partial charge in [0, 0.05) is 18.8 Å². The summed E-state index contributed by atoms with van der Waals surface area (Å²) in [6, 6.07) is 6.05. The molecule has 1 aliphatic heterocycles. The van der Waals surface area contributed by atoms with E-state index in [1.165, 1.54) is 25.9 Å². The molecule has 0 bridgehead atoms. The number of pyridine rings is 1. The van der Waals surface area contributed by atoms with Gasteiger partial charge in [-0.1, -0.05) is 0 Å². The molecule has 1 aromatic heterocycles. The smallest absolute Gasteiger partial charge is 0.144 e. The Kier molecular flexibility index (Phi) is 3.94. The lowest BCUT2D eigenvalue weighted by Crippen LogP contribution is -2.33. The normalized spacial score (nSPS) is 17.6. The Morgan fingerprint density at radius 3 is 3.00 bits per heavy atom. The van der Waals surface area contributed by atoms with E-state index in [4.69, 9.17) is 5.26 Å². The van der Waals surface area contributed by atoms with Gasteiger partial charge in [0.1, 0.15) is 11.9 Å². The lowest BCUT2D eigenvalue weighted by atomic mass is 10.2. The van der Waals surface area contributed by atoms with E-state index in [-0.39, 0.29) is 0 Å². The first-order chi connectivity index (χ1) is 8.29. The van der Waals surface area contributed by atoms with Gasteiger partial charge in [0.15, 0.2) is 0 Å². The number of anilines is 1. The predicted octanol–water partition coefficient (Wildman–Crippen LogP) is 1.85. The van der Waals surface area contributed by atoms with Crippen molar-refractivity contribution in [3.05, 3.63) is 23.9 Å². The zero-order valence-electron chi connectivity index (χ0n) is 10.2. The fraction of sp³-hybridized carbons (Fsp3) is 0.538. The van der Waals surface area contributed by atoms with Gasteiger partial charge in [-0.25, -0.2) is 4.98 Å².